The molecule has 4 heteroatoms. The molecule has 0 spiro atoms. The van der Waals surface area contributed by atoms with Crippen LogP contribution in [0.5, 0.6) is 11.5 Å². The molecule has 1 heterocycles. The molecule has 2 N–H and O–H groups in total. The number of phenolic OH excluding ortho intramolecular Hbond substituents is 2. The lowest BCUT2D eigenvalue weighted by molar-refractivity contribution is 0.404. The monoisotopic (exact) mass is 208 g/mol. The van der Waals surface area contributed by atoms with Crippen LogP contribution >= 0.6 is 0 Å². The maximum Gasteiger partial charge on any atom is 0.191 e. The minimum atomic E-state index is -0.0295. The predicted molar refractivity (Wildman–Crippen MR) is 69.0 cm³/mol. The second-order valence-electron chi connectivity index (χ2n) is 4.23. The third kappa shape index (κ3) is 1.38. The lowest BCUT2D eigenvalue weighted by Gasteiger charge is -2.18. The van der Waals surface area contributed by atoms with Gasteiger partial charge in [0.2, 0.25) is 0 Å². The largest absolute Gasteiger partial charge is 0.504 e. The fraction of sp³-hybridized carbons (Fsp3) is 0. The zero-order valence-electron chi connectivity index (χ0n) is 8.77. The van der Waals surface area contributed by atoms with Crippen LogP contribution in [-0.2, 0) is 0 Å². The van der Waals surface area contributed by atoms with Crippen LogP contribution in [0.15, 0.2) is 36.4 Å². The van der Waals surface area contributed by atoms with Gasteiger partial charge in [-0.1, -0.05) is 46.1 Å². The van der Waals surface area contributed by atoms with Crippen molar-refractivity contribution < 1.29 is 10.2 Å². The number of aromatic hydroxyl groups is 2. The molecule has 0 amide bonds. The van der Waals surface area contributed by atoms with E-state index in [-0.39, 0.29) is 11.5 Å². The third-order valence-electron chi connectivity index (χ3n) is 3.18. The van der Waals surface area contributed by atoms with E-state index in [2.05, 4.69) is 12.1 Å². The first-order valence-electron chi connectivity index (χ1n) is 5.34. The molecular formula is C12H10B2O2. The molecule has 1 aliphatic heterocycles. The standard InChI is InChI=1S/C12H10B2O2/c15-11-5-9-10(6-12(11)16)14-8-4-2-1-3-7(8)13-9/h1-6,13-16H. The van der Waals surface area contributed by atoms with Crippen molar-refractivity contribution in [3.63, 3.8) is 0 Å². The number of benzene rings is 2. The topological polar surface area (TPSA) is 40.5 Å². The van der Waals surface area contributed by atoms with E-state index in [9.17, 15) is 10.2 Å². The van der Waals surface area contributed by atoms with E-state index in [0.29, 0.717) is 0 Å². The summed E-state index contributed by atoms with van der Waals surface area (Å²) in [6.07, 6.45) is 0. The van der Waals surface area contributed by atoms with Crippen LogP contribution in [0, 0.1) is 0 Å². The lowest BCUT2D eigenvalue weighted by atomic mass is 9.44. The van der Waals surface area contributed by atoms with Gasteiger partial charge < -0.3 is 10.2 Å². The second kappa shape index (κ2) is 3.34. The summed E-state index contributed by atoms with van der Waals surface area (Å²) in [4.78, 5) is 0. The Morgan fingerprint density at radius 3 is 1.56 bits per heavy atom. The summed E-state index contributed by atoms with van der Waals surface area (Å²) in [6.45, 7) is 0. The van der Waals surface area contributed by atoms with Gasteiger partial charge in [-0.2, -0.15) is 0 Å². The van der Waals surface area contributed by atoms with Crippen LogP contribution in [0.1, 0.15) is 0 Å². The highest BCUT2D eigenvalue weighted by Crippen LogP contribution is 2.20. The summed E-state index contributed by atoms with van der Waals surface area (Å²) in [7, 11) is 1.67. The summed E-state index contributed by atoms with van der Waals surface area (Å²) in [6, 6.07) is 11.6. The van der Waals surface area contributed by atoms with Crippen LogP contribution < -0.4 is 21.9 Å². The van der Waals surface area contributed by atoms with Crippen molar-refractivity contribution >= 4 is 36.4 Å². The van der Waals surface area contributed by atoms with E-state index in [1.54, 1.807) is 12.1 Å². The molecule has 0 saturated carbocycles. The Bertz CT molecular complexity index is 517. The van der Waals surface area contributed by atoms with Gasteiger partial charge in [-0.25, -0.2) is 0 Å². The summed E-state index contributed by atoms with van der Waals surface area (Å²) in [5, 5.41) is 18.9. The summed E-state index contributed by atoms with van der Waals surface area (Å²) in [5.41, 5.74) is 4.82. The highest BCUT2D eigenvalue weighted by Gasteiger charge is 2.18. The summed E-state index contributed by atoms with van der Waals surface area (Å²) in [5.74, 6) is -0.0590. The number of hydrogen-bond acceptors (Lipinski definition) is 2. The summed E-state index contributed by atoms with van der Waals surface area (Å²) >= 11 is 0. The van der Waals surface area contributed by atoms with Crippen molar-refractivity contribution in [1.82, 2.24) is 0 Å². The number of phenols is 2. The Hall–Kier alpha value is -1.83. The van der Waals surface area contributed by atoms with Gasteiger partial charge in [0, 0.05) is 0 Å². The van der Waals surface area contributed by atoms with Crippen LogP contribution in [0.25, 0.3) is 0 Å². The molecule has 76 valence electrons. The van der Waals surface area contributed by atoms with Gasteiger partial charge in [0.15, 0.2) is 26.1 Å². The van der Waals surface area contributed by atoms with E-state index in [1.807, 2.05) is 12.1 Å². The van der Waals surface area contributed by atoms with E-state index >= 15 is 0 Å². The molecule has 2 aromatic rings. The van der Waals surface area contributed by atoms with Crippen molar-refractivity contribution in [1.29, 1.82) is 0 Å². The van der Waals surface area contributed by atoms with Crippen LogP contribution in [0.3, 0.4) is 0 Å². The Morgan fingerprint density at radius 1 is 0.688 bits per heavy atom. The molecule has 1 aliphatic rings. The minimum absolute atomic E-state index is 0.0295. The number of hydrogen-bond donors (Lipinski definition) is 2. The van der Waals surface area contributed by atoms with Gasteiger partial charge in [-0.3, -0.25) is 0 Å². The molecule has 16 heavy (non-hydrogen) atoms. The maximum absolute atomic E-state index is 9.47. The fourth-order valence-corrected chi connectivity index (χ4v) is 2.31. The highest BCUT2D eigenvalue weighted by atomic mass is 16.3. The molecule has 0 atom stereocenters. The SMILES string of the molecule is Oc1cc2c(cc1O)Bc1ccccc1B2. The Morgan fingerprint density at radius 2 is 1.12 bits per heavy atom. The van der Waals surface area contributed by atoms with Gasteiger partial charge >= 0.3 is 0 Å². The first-order valence-corrected chi connectivity index (χ1v) is 5.34. The molecule has 0 radical (unpaired) electrons. The average Bonchev–Trinajstić information content (AvgIpc) is 2.28. The Balaban J connectivity index is 2.12. The first-order chi connectivity index (χ1) is 7.74. The molecule has 0 saturated heterocycles. The zero-order valence-corrected chi connectivity index (χ0v) is 8.77. The highest BCUT2D eigenvalue weighted by molar-refractivity contribution is 6.87. The van der Waals surface area contributed by atoms with E-state index in [4.69, 9.17) is 0 Å². The van der Waals surface area contributed by atoms with Gasteiger partial charge in [-0.15, -0.1) is 0 Å². The average molecular weight is 208 g/mol. The quantitative estimate of drug-likeness (QED) is 0.337. The van der Waals surface area contributed by atoms with Gasteiger partial charge in [0.1, 0.15) is 0 Å². The maximum atomic E-state index is 9.47. The Kier molecular flexibility index (Phi) is 1.96. The molecule has 0 bridgehead atoms. The van der Waals surface area contributed by atoms with Gasteiger partial charge in [0.05, 0.1) is 0 Å². The molecular weight excluding hydrogens is 198 g/mol. The molecule has 2 nitrogen and oxygen atoms in total. The van der Waals surface area contributed by atoms with Crippen LogP contribution in [-0.4, -0.2) is 24.8 Å². The van der Waals surface area contributed by atoms with E-state index in [0.717, 1.165) is 25.5 Å². The van der Waals surface area contributed by atoms with Crippen molar-refractivity contribution in [2.24, 2.45) is 0 Å². The van der Waals surface area contributed by atoms with Crippen molar-refractivity contribution in [2.75, 3.05) is 0 Å². The second-order valence-corrected chi connectivity index (χ2v) is 4.23. The predicted octanol–water partition coefficient (Wildman–Crippen LogP) is -1.81. The van der Waals surface area contributed by atoms with Gasteiger partial charge in [-0.05, 0) is 12.1 Å². The number of rotatable bonds is 0. The third-order valence-corrected chi connectivity index (χ3v) is 3.18. The molecule has 0 unspecified atom stereocenters. The Labute approximate surface area is 95.0 Å². The lowest BCUT2D eigenvalue weighted by Crippen LogP contribution is -2.56. The number of fused-ring (bicyclic) bond motifs is 2. The molecule has 0 fully saturated rings. The van der Waals surface area contributed by atoms with Crippen molar-refractivity contribution in [3.05, 3.63) is 36.4 Å². The van der Waals surface area contributed by atoms with E-state index < -0.39 is 0 Å². The zero-order chi connectivity index (χ0) is 11.1. The van der Waals surface area contributed by atoms with Crippen LogP contribution in [0.4, 0.5) is 0 Å². The molecule has 0 aromatic heterocycles. The molecule has 0 aliphatic carbocycles. The fourth-order valence-electron chi connectivity index (χ4n) is 2.31. The van der Waals surface area contributed by atoms with E-state index in [1.165, 1.54) is 10.9 Å². The van der Waals surface area contributed by atoms with Crippen molar-refractivity contribution in [2.45, 2.75) is 0 Å². The van der Waals surface area contributed by atoms with Crippen LogP contribution in [0.2, 0.25) is 0 Å². The molecule has 2 aromatic carbocycles. The normalized spacial score (nSPS) is 12.0. The summed E-state index contributed by atoms with van der Waals surface area (Å²) < 4.78 is 0. The minimum Gasteiger partial charge on any atom is -0.504 e. The molecule has 3 rings (SSSR count). The first kappa shape index (κ1) is 9.40. The smallest absolute Gasteiger partial charge is 0.191 e. The van der Waals surface area contributed by atoms with Gasteiger partial charge in [0.25, 0.3) is 0 Å². The van der Waals surface area contributed by atoms with Crippen molar-refractivity contribution in [3.8, 4) is 11.5 Å².